The van der Waals surface area contributed by atoms with E-state index in [-0.39, 0.29) is 0 Å². The molecule has 0 bridgehead atoms. The fourth-order valence-corrected chi connectivity index (χ4v) is 3.97. The summed E-state index contributed by atoms with van der Waals surface area (Å²) in [4.78, 5) is 5.36. The third-order valence-electron chi connectivity index (χ3n) is 5.01. The van der Waals surface area contributed by atoms with Gasteiger partial charge in [0, 0.05) is 38.8 Å². The number of piperazine rings is 1. The van der Waals surface area contributed by atoms with Crippen molar-refractivity contribution in [1.29, 1.82) is 0 Å². The number of rotatable bonds is 4. The molecule has 0 aromatic heterocycles. The number of nitrogens with one attached hydrogen (secondary N) is 1. The molecule has 0 saturated carbocycles. The van der Waals surface area contributed by atoms with Gasteiger partial charge < -0.3 is 10.1 Å². The van der Waals surface area contributed by atoms with E-state index in [1.54, 1.807) is 0 Å². The fraction of sp³-hybridized carbons (Fsp3) is 1.00. The Kier molecular flexibility index (Phi) is 4.74. The second kappa shape index (κ2) is 6.53. The molecule has 1 N–H and O–H groups in total. The van der Waals surface area contributed by atoms with Crippen molar-refractivity contribution in [2.45, 2.75) is 50.4 Å². The predicted octanol–water partition coefficient (Wildman–Crippen LogP) is 0.923. The molecule has 0 aliphatic carbocycles. The van der Waals surface area contributed by atoms with Gasteiger partial charge in [-0.3, -0.25) is 9.80 Å². The Balaban J connectivity index is 1.43. The second-order valence-electron chi connectivity index (χ2n) is 6.46. The summed E-state index contributed by atoms with van der Waals surface area (Å²) < 4.78 is 6.12. The van der Waals surface area contributed by atoms with E-state index in [0.717, 1.165) is 19.1 Å². The quantitative estimate of drug-likeness (QED) is 0.820. The maximum absolute atomic E-state index is 6.12. The minimum Gasteiger partial charge on any atom is -0.372 e. The zero-order chi connectivity index (χ0) is 13.1. The lowest BCUT2D eigenvalue weighted by atomic mass is 9.99. The molecule has 0 aromatic rings. The number of hydrogen-bond acceptors (Lipinski definition) is 4. The predicted molar refractivity (Wildman–Crippen MR) is 77.5 cm³/mol. The molecular weight excluding hydrogens is 238 g/mol. The summed E-state index contributed by atoms with van der Waals surface area (Å²) in [5, 5.41) is 3.23. The topological polar surface area (TPSA) is 27.7 Å². The van der Waals surface area contributed by atoms with E-state index >= 15 is 0 Å². The summed E-state index contributed by atoms with van der Waals surface area (Å²) in [6.45, 7) is 7.29. The Morgan fingerprint density at radius 3 is 2.84 bits per heavy atom. The van der Waals surface area contributed by atoms with Gasteiger partial charge in [-0.15, -0.1) is 0 Å². The van der Waals surface area contributed by atoms with Crippen LogP contribution in [0.5, 0.6) is 0 Å². The number of hydrogen-bond donors (Lipinski definition) is 1. The lowest BCUT2D eigenvalue weighted by molar-refractivity contribution is -0.00537. The van der Waals surface area contributed by atoms with Gasteiger partial charge in [0.25, 0.3) is 0 Å². The zero-order valence-electron chi connectivity index (χ0n) is 12.3. The first-order valence-corrected chi connectivity index (χ1v) is 8.11. The molecule has 0 spiro atoms. The number of fused-ring (bicyclic) bond motifs is 1. The molecule has 3 saturated heterocycles. The van der Waals surface area contributed by atoms with Crippen LogP contribution >= 0.6 is 0 Å². The van der Waals surface area contributed by atoms with Gasteiger partial charge >= 0.3 is 0 Å². The van der Waals surface area contributed by atoms with E-state index in [9.17, 15) is 0 Å². The second-order valence-corrected chi connectivity index (χ2v) is 6.46. The lowest BCUT2D eigenvalue weighted by Crippen LogP contribution is -2.55. The number of nitrogens with zero attached hydrogens (tertiary/aromatic N) is 2. The Labute approximate surface area is 117 Å². The largest absolute Gasteiger partial charge is 0.372 e. The number of piperidine rings is 1. The summed E-state index contributed by atoms with van der Waals surface area (Å²) in [6.07, 6.45) is 7.66. The van der Waals surface area contributed by atoms with Gasteiger partial charge in [-0.05, 0) is 39.3 Å². The van der Waals surface area contributed by atoms with Crippen LogP contribution in [0.1, 0.15) is 32.1 Å². The standard InChI is InChI=1S/C15H29N3O/c1-16-10-14-5-6-15(19-14)12-17-8-9-18-7-3-2-4-13(18)11-17/h13-16H,2-12H2,1H3. The molecule has 110 valence electrons. The van der Waals surface area contributed by atoms with Crippen molar-refractivity contribution in [3.63, 3.8) is 0 Å². The molecule has 19 heavy (non-hydrogen) atoms. The number of ether oxygens (including phenoxy) is 1. The highest BCUT2D eigenvalue weighted by atomic mass is 16.5. The SMILES string of the molecule is CNCC1CCC(CN2CCN3CCCCC3C2)O1. The van der Waals surface area contributed by atoms with Crippen LogP contribution in [0, 0.1) is 0 Å². The zero-order valence-corrected chi connectivity index (χ0v) is 12.3. The molecule has 0 amide bonds. The van der Waals surface area contributed by atoms with Crippen molar-refractivity contribution in [3.05, 3.63) is 0 Å². The average molecular weight is 267 g/mol. The summed E-state index contributed by atoms with van der Waals surface area (Å²) in [7, 11) is 2.01. The molecule has 3 unspecified atom stereocenters. The van der Waals surface area contributed by atoms with Gasteiger partial charge in [0.2, 0.25) is 0 Å². The Bertz CT molecular complexity index is 287. The first-order valence-electron chi connectivity index (χ1n) is 8.11. The van der Waals surface area contributed by atoms with E-state index in [4.69, 9.17) is 4.74 Å². The molecule has 4 nitrogen and oxygen atoms in total. The molecule has 3 aliphatic rings. The minimum absolute atomic E-state index is 0.450. The van der Waals surface area contributed by atoms with Crippen LogP contribution in [0.25, 0.3) is 0 Å². The third kappa shape index (κ3) is 3.48. The highest BCUT2D eigenvalue weighted by molar-refractivity contribution is 4.87. The van der Waals surface area contributed by atoms with Gasteiger partial charge in [0.15, 0.2) is 0 Å². The van der Waals surface area contributed by atoms with Crippen LogP contribution in [0.15, 0.2) is 0 Å². The van der Waals surface area contributed by atoms with Crippen molar-refractivity contribution >= 4 is 0 Å². The van der Waals surface area contributed by atoms with Crippen molar-refractivity contribution < 1.29 is 4.74 Å². The van der Waals surface area contributed by atoms with Crippen molar-refractivity contribution in [3.8, 4) is 0 Å². The van der Waals surface area contributed by atoms with Crippen molar-refractivity contribution in [2.24, 2.45) is 0 Å². The number of likely N-dealkylation sites (N-methyl/N-ethyl adjacent to an activating group) is 1. The van der Waals surface area contributed by atoms with E-state index in [2.05, 4.69) is 15.1 Å². The molecule has 3 fully saturated rings. The highest BCUT2D eigenvalue weighted by Crippen LogP contribution is 2.24. The normalized spacial score (nSPS) is 37.4. The van der Waals surface area contributed by atoms with Crippen LogP contribution in [-0.4, -0.2) is 74.4 Å². The Morgan fingerprint density at radius 2 is 1.95 bits per heavy atom. The van der Waals surface area contributed by atoms with E-state index in [0.29, 0.717) is 12.2 Å². The molecule has 3 rings (SSSR count). The minimum atomic E-state index is 0.450. The molecule has 3 atom stereocenters. The molecule has 0 radical (unpaired) electrons. The maximum Gasteiger partial charge on any atom is 0.0707 e. The molecular formula is C15H29N3O. The van der Waals surface area contributed by atoms with Gasteiger partial charge in [0.05, 0.1) is 12.2 Å². The van der Waals surface area contributed by atoms with Gasteiger partial charge in [-0.1, -0.05) is 6.42 Å². The summed E-state index contributed by atoms with van der Waals surface area (Å²) in [5.41, 5.74) is 0. The highest BCUT2D eigenvalue weighted by Gasteiger charge is 2.32. The first kappa shape index (κ1) is 13.8. The first-order chi connectivity index (χ1) is 9.35. The fourth-order valence-electron chi connectivity index (χ4n) is 3.97. The van der Waals surface area contributed by atoms with Crippen LogP contribution in [0.3, 0.4) is 0 Å². The smallest absolute Gasteiger partial charge is 0.0707 e. The van der Waals surface area contributed by atoms with Gasteiger partial charge in [-0.25, -0.2) is 0 Å². The van der Waals surface area contributed by atoms with Crippen LogP contribution in [0.2, 0.25) is 0 Å². The Hall–Kier alpha value is -0.160. The van der Waals surface area contributed by atoms with Crippen LogP contribution < -0.4 is 5.32 Å². The van der Waals surface area contributed by atoms with E-state index in [1.807, 2.05) is 7.05 Å². The van der Waals surface area contributed by atoms with Gasteiger partial charge in [-0.2, -0.15) is 0 Å². The summed E-state index contributed by atoms with van der Waals surface area (Å²) in [5.74, 6) is 0. The monoisotopic (exact) mass is 267 g/mol. The maximum atomic E-state index is 6.12. The Morgan fingerprint density at radius 1 is 1.05 bits per heavy atom. The average Bonchev–Trinajstić information content (AvgIpc) is 2.86. The molecule has 3 aliphatic heterocycles. The van der Waals surface area contributed by atoms with Gasteiger partial charge in [0.1, 0.15) is 0 Å². The third-order valence-corrected chi connectivity index (χ3v) is 5.01. The van der Waals surface area contributed by atoms with Crippen molar-refractivity contribution in [2.75, 3.05) is 46.3 Å². The van der Waals surface area contributed by atoms with E-state index in [1.165, 1.54) is 58.3 Å². The van der Waals surface area contributed by atoms with E-state index < -0.39 is 0 Å². The van der Waals surface area contributed by atoms with Crippen LogP contribution in [-0.2, 0) is 4.74 Å². The molecule has 3 heterocycles. The van der Waals surface area contributed by atoms with Crippen molar-refractivity contribution in [1.82, 2.24) is 15.1 Å². The van der Waals surface area contributed by atoms with Crippen LogP contribution in [0.4, 0.5) is 0 Å². The summed E-state index contributed by atoms with van der Waals surface area (Å²) >= 11 is 0. The summed E-state index contributed by atoms with van der Waals surface area (Å²) in [6, 6.07) is 0.831. The molecule has 4 heteroatoms. The molecule has 0 aromatic carbocycles. The lowest BCUT2D eigenvalue weighted by Gasteiger charge is -2.44.